The van der Waals surface area contributed by atoms with Gasteiger partial charge < -0.3 is 4.79 Å². The van der Waals surface area contributed by atoms with Crippen molar-refractivity contribution in [2.24, 2.45) is 0 Å². The predicted molar refractivity (Wildman–Crippen MR) is 193 cm³/mol. The Morgan fingerprint density at radius 3 is 0.575 bits per heavy atom. The lowest BCUT2D eigenvalue weighted by Gasteiger charge is -1.95. The Balaban J connectivity index is -0.0000000880. The average Bonchev–Trinajstić information content (AvgIpc) is 2.97. The molecule has 0 aliphatic heterocycles. The van der Waals surface area contributed by atoms with Crippen LogP contribution in [0.1, 0.15) is 250 Å². The van der Waals surface area contributed by atoms with E-state index < -0.39 is 0 Å². The predicted octanol–water partition coefficient (Wildman–Crippen LogP) is 15.9. The number of carbonyl (C=O) groups excluding carboxylic acids is 1. The molecule has 0 rings (SSSR count). The third kappa shape index (κ3) is 108. The minimum absolute atomic E-state index is 0.330. The maximum atomic E-state index is 10.5. The third-order valence-corrected chi connectivity index (χ3v) is 6.42. The Morgan fingerprint density at radius 1 is 0.275 bits per heavy atom. The number of unbranched alkanes of at least 4 members (excludes halogenated alkanes) is 19. The van der Waals surface area contributed by atoms with Crippen LogP contribution in [0.2, 0.25) is 0 Å². The van der Waals surface area contributed by atoms with E-state index >= 15 is 0 Å². The molecule has 0 aromatic carbocycles. The van der Waals surface area contributed by atoms with Gasteiger partial charge >= 0.3 is 0 Å². The van der Waals surface area contributed by atoms with Crippen LogP contribution in [-0.4, -0.2) is 5.78 Å². The first-order chi connectivity index (χ1) is 19.3. The van der Waals surface area contributed by atoms with E-state index in [1.807, 2.05) is 0 Å². The SMILES string of the molecule is CCCCCC.CCCCCC.CCCCCC.CCCCCC.CCCCCC.CCCCCCCC(C)=O. The van der Waals surface area contributed by atoms with Crippen molar-refractivity contribution in [1.29, 1.82) is 0 Å². The van der Waals surface area contributed by atoms with Gasteiger partial charge in [-0.05, 0) is 13.3 Å². The smallest absolute Gasteiger partial charge is 0.129 e. The van der Waals surface area contributed by atoms with E-state index in [9.17, 15) is 4.79 Å². The van der Waals surface area contributed by atoms with Gasteiger partial charge in [-0.1, -0.05) is 230 Å². The molecule has 0 spiro atoms. The summed E-state index contributed by atoms with van der Waals surface area (Å²) in [6.07, 6.45) is 34.7. The van der Waals surface area contributed by atoms with Gasteiger partial charge in [-0.2, -0.15) is 0 Å². The van der Waals surface area contributed by atoms with Gasteiger partial charge in [0.15, 0.2) is 0 Å². The summed E-state index contributed by atoms with van der Waals surface area (Å²) in [5.74, 6) is 0.330. The monoisotopic (exact) mass is 573 g/mol. The van der Waals surface area contributed by atoms with Crippen LogP contribution < -0.4 is 0 Å². The highest BCUT2D eigenvalue weighted by atomic mass is 16.1. The highest BCUT2D eigenvalue weighted by Crippen LogP contribution is 2.04. The number of hydrogen-bond donors (Lipinski definition) is 0. The molecule has 0 aliphatic rings. The molecule has 250 valence electrons. The van der Waals surface area contributed by atoms with Gasteiger partial charge in [0.05, 0.1) is 0 Å². The number of hydrogen-bond acceptors (Lipinski definition) is 1. The molecule has 1 nitrogen and oxygen atoms in total. The van der Waals surface area contributed by atoms with Crippen molar-refractivity contribution >= 4 is 5.78 Å². The summed E-state index contributed by atoms with van der Waals surface area (Å²) in [6, 6.07) is 0. The van der Waals surface area contributed by atoms with Crippen molar-refractivity contribution < 1.29 is 4.79 Å². The highest BCUT2D eigenvalue weighted by molar-refractivity contribution is 5.75. The lowest BCUT2D eigenvalue weighted by molar-refractivity contribution is -0.117. The van der Waals surface area contributed by atoms with Gasteiger partial charge in [0, 0.05) is 6.42 Å². The molecule has 0 unspecified atom stereocenters. The molecule has 0 saturated heterocycles. The van der Waals surface area contributed by atoms with Gasteiger partial charge in [-0.25, -0.2) is 0 Å². The second kappa shape index (κ2) is 66.8. The number of ketones is 1. The summed E-state index contributed by atoms with van der Waals surface area (Å²) in [4.78, 5) is 10.5. The lowest BCUT2D eigenvalue weighted by atomic mass is 10.1. The standard InChI is InChI=1S/C9H18O.5C6H14/c1-3-4-5-6-7-8-9(2)10;5*1-3-5-6-4-2/h3-8H2,1-2H3;5*3-6H2,1-2H3. The van der Waals surface area contributed by atoms with E-state index in [-0.39, 0.29) is 0 Å². The zero-order valence-corrected chi connectivity index (χ0v) is 31.3. The zero-order chi connectivity index (χ0) is 32.0. The maximum absolute atomic E-state index is 10.5. The molecule has 0 amide bonds. The van der Waals surface area contributed by atoms with E-state index in [2.05, 4.69) is 76.2 Å². The molecule has 0 saturated carbocycles. The quantitative estimate of drug-likeness (QED) is 0.125. The van der Waals surface area contributed by atoms with Crippen molar-refractivity contribution in [2.75, 3.05) is 0 Å². The molecule has 0 aromatic rings. The highest BCUT2D eigenvalue weighted by Gasteiger charge is 1.92. The second-order valence-electron chi connectivity index (χ2n) is 11.4. The summed E-state index contributed by atoms with van der Waals surface area (Å²) >= 11 is 0. The summed E-state index contributed by atoms with van der Waals surface area (Å²) in [5, 5.41) is 0. The largest absolute Gasteiger partial charge is 0.300 e. The van der Waals surface area contributed by atoms with Crippen molar-refractivity contribution in [2.45, 2.75) is 250 Å². The van der Waals surface area contributed by atoms with Crippen molar-refractivity contribution in [1.82, 2.24) is 0 Å². The van der Waals surface area contributed by atoms with Crippen LogP contribution in [-0.2, 0) is 4.79 Å². The first-order valence-electron chi connectivity index (χ1n) is 18.8. The molecule has 0 fully saturated rings. The molecule has 0 bridgehead atoms. The first kappa shape index (κ1) is 52.3. The van der Waals surface area contributed by atoms with Crippen molar-refractivity contribution in [3.63, 3.8) is 0 Å². The minimum atomic E-state index is 0.330. The Hall–Kier alpha value is -0.330. The van der Waals surface area contributed by atoms with E-state index in [0.717, 1.165) is 12.8 Å². The lowest BCUT2D eigenvalue weighted by Crippen LogP contribution is -1.88. The van der Waals surface area contributed by atoms with Crippen molar-refractivity contribution in [3.05, 3.63) is 0 Å². The van der Waals surface area contributed by atoms with Gasteiger partial charge in [-0.3, -0.25) is 0 Å². The zero-order valence-electron chi connectivity index (χ0n) is 31.3. The molecule has 0 N–H and O–H groups in total. The fourth-order valence-electron chi connectivity index (χ4n) is 3.48. The van der Waals surface area contributed by atoms with Crippen LogP contribution in [0.3, 0.4) is 0 Å². The van der Waals surface area contributed by atoms with Crippen LogP contribution in [0, 0.1) is 0 Å². The van der Waals surface area contributed by atoms with E-state index in [1.165, 1.54) is 154 Å². The topological polar surface area (TPSA) is 17.1 Å². The normalized spacial score (nSPS) is 9.20. The fraction of sp³-hybridized carbons (Fsp3) is 0.974. The minimum Gasteiger partial charge on any atom is -0.300 e. The van der Waals surface area contributed by atoms with Gasteiger partial charge in [0.1, 0.15) is 5.78 Å². The third-order valence-electron chi connectivity index (χ3n) is 6.42. The van der Waals surface area contributed by atoms with Crippen LogP contribution in [0.25, 0.3) is 0 Å². The number of Topliss-reactive ketones (excluding diaryl/α,β-unsaturated/α-hetero) is 1. The summed E-state index contributed by atoms with van der Waals surface area (Å²) < 4.78 is 0. The molecule has 0 aromatic heterocycles. The average molecular weight is 573 g/mol. The first-order valence-corrected chi connectivity index (χ1v) is 18.8. The molecule has 1 heteroatoms. The van der Waals surface area contributed by atoms with Crippen LogP contribution in [0.4, 0.5) is 0 Å². The second-order valence-corrected chi connectivity index (χ2v) is 11.4. The van der Waals surface area contributed by atoms with Gasteiger partial charge in [0.2, 0.25) is 0 Å². The van der Waals surface area contributed by atoms with Crippen molar-refractivity contribution in [3.8, 4) is 0 Å². The fourth-order valence-corrected chi connectivity index (χ4v) is 3.48. The molecular formula is C39H88O. The molecule has 0 atom stereocenters. The summed E-state index contributed by atoms with van der Waals surface area (Å²) in [5.41, 5.74) is 0. The van der Waals surface area contributed by atoms with E-state index in [0.29, 0.717) is 5.78 Å². The van der Waals surface area contributed by atoms with Crippen LogP contribution >= 0.6 is 0 Å². The number of carbonyl (C=O) groups is 1. The maximum Gasteiger partial charge on any atom is 0.129 e. The Morgan fingerprint density at radius 2 is 0.425 bits per heavy atom. The molecule has 0 heterocycles. The van der Waals surface area contributed by atoms with E-state index in [4.69, 9.17) is 0 Å². The molecule has 0 radical (unpaired) electrons. The Kier molecular flexibility index (Phi) is 87.3. The van der Waals surface area contributed by atoms with Gasteiger partial charge in [0.25, 0.3) is 0 Å². The Labute approximate surface area is 260 Å². The van der Waals surface area contributed by atoms with E-state index in [1.54, 1.807) is 6.92 Å². The van der Waals surface area contributed by atoms with Gasteiger partial charge in [-0.15, -0.1) is 0 Å². The number of rotatable bonds is 21. The molecule has 0 aliphatic carbocycles. The summed E-state index contributed by atoms with van der Waals surface area (Å²) in [6.45, 7) is 26.2. The Bertz CT molecular complexity index is 256. The molecular weight excluding hydrogens is 484 g/mol. The molecule has 40 heavy (non-hydrogen) atoms. The van der Waals surface area contributed by atoms with Crippen LogP contribution in [0.5, 0.6) is 0 Å². The summed E-state index contributed by atoms with van der Waals surface area (Å²) in [7, 11) is 0. The van der Waals surface area contributed by atoms with Crippen LogP contribution in [0.15, 0.2) is 0 Å².